The summed E-state index contributed by atoms with van der Waals surface area (Å²) in [7, 11) is 1.67. The van der Waals surface area contributed by atoms with Crippen molar-refractivity contribution in [3.05, 3.63) is 30.5 Å². The van der Waals surface area contributed by atoms with Gasteiger partial charge in [0.25, 0.3) is 0 Å². The van der Waals surface area contributed by atoms with E-state index in [1.165, 1.54) is 19.3 Å². The SMILES string of the molecule is COc1c(OCCCC2CCNCC2)ccc2cccnc12. The van der Waals surface area contributed by atoms with Crippen molar-refractivity contribution < 1.29 is 9.47 Å². The highest BCUT2D eigenvalue weighted by Crippen LogP contribution is 2.34. The van der Waals surface area contributed by atoms with Gasteiger partial charge in [0.15, 0.2) is 11.5 Å². The third-order valence-electron chi connectivity index (χ3n) is 4.37. The summed E-state index contributed by atoms with van der Waals surface area (Å²) in [5.41, 5.74) is 0.862. The van der Waals surface area contributed by atoms with Crippen LogP contribution in [-0.4, -0.2) is 31.8 Å². The number of pyridine rings is 1. The fourth-order valence-corrected chi connectivity index (χ4v) is 3.14. The minimum absolute atomic E-state index is 0.735. The molecule has 0 amide bonds. The van der Waals surface area contributed by atoms with Crippen molar-refractivity contribution in [1.82, 2.24) is 10.3 Å². The van der Waals surface area contributed by atoms with Crippen LogP contribution < -0.4 is 14.8 Å². The molecular weight excluding hydrogens is 276 g/mol. The highest BCUT2D eigenvalue weighted by Gasteiger charge is 2.13. The first kappa shape index (κ1) is 15.1. The first-order valence-electron chi connectivity index (χ1n) is 8.13. The Morgan fingerprint density at radius 1 is 1.23 bits per heavy atom. The van der Waals surface area contributed by atoms with Crippen LogP contribution in [0.25, 0.3) is 10.9 Å². The van der Waals surface area contributed by atoms with Gasteiger partial charge >= 0.3 is 0 Å². The zero-order chi connectivity index (χ0) is 15.2. The van der Waals surface area contributed by atoms with Crippen LogP contribution in [0.5, 0.6) is 11.5 Å². The van der Waals surface area contributed by atoms with E-state index in [0.717, 1.165) is 54.4 Å². The number of fused-ring (bicyclic) bond motifs is 1. The molecular formula is C18H24N2O2. The zero-order valence-electron chi connectivity index (χ0n) is 13.2. The molecule has 0 atom stereocenters. The molecule has 2 aromatic rings. The topological polar surface area (TPSA) is 43.4 Å². The number of nitrogens with zero attached hydrogens (tertiary/aromatic N) is 1. The average molecular weight is 300 g/mol. The lowest BCUT2D eigenvalue weighted by Gasteiger charge is -2.22. The van der Waals surface area contributed by atoms with E-state index in [1.807, 2.05) is 24.3 Å². The Bertz CT molecular complexity index is 609. The van der Waals surface area contributed by atoms with Crippen LogP contribution in [0.3, 0.4) is 0 Å². The quantitative estimate of drug-likeness (QED) is 0.830. The van der Waals surface area contributed by atoms with Crippen LogP contribution in [0.1, 0.15) is 25.7 Å². The summed E-state index contributed by atoms with van der Waals surface area (Å²) in [4.78, 5) is 4.40. The Balaban J connectivity index is 1.59. The first-order chi connectivity index (χ1) is 10.9. The van der Waals surface area contributed by atoms with E-state index >= 15 is 0 Å². The molecule has 1 saturated heterocycles. The predicted octanol–water partition coefficient (Wildman–Crippen LogP) is 3.40. The lowest BCUT2D eigenvalue weighted by molar-refractivity contribution is 0.263. The third kappa shape index (κ3) is 3.50. The molecule has 1 aromatic carbocycles. The second kappa shape index (κ2) is 7.45. The predicted molar refractivity (Wildman–Crippen MR) is 88.6 cm³/mol. The summed E-state index contributed by atoms with van der Waals surface area (Å²) in [5, 5.41) is 4.48. The lowest BCUT2D eigenvalue weighted by atomic mass is 9.93. The maximum Gasteiger partial charge on any atom is 0.187 e. The Morgan fingerprint density at radius 3 is 2.91 bits per heavy atom. The largest absolute Gasteiger partial charge is 0.491 e. The van der Waals surface area contributed by atoms with Gasteiger partial charge in [-0.1, -0.05) is 6.07 Å². The van der Waals surface area contributed by atoms with Gasteiger partial charge in [0.1, 0.15) is 5.52 Å². The second-order valence-corrected chi connectivity index (χ2v) is 5.86. The summed E-state index contributed by atoms with van der Waals surface area (Å²) in [6.45, 7) is 3.06. The Hall–Kier alpha value is -1.81. The molecule has 118 valence electrons. The number of rotatable bonds is 6. The van der Waals surface area contributed by atoms with Crippen LogP contribution >= 0.6 is 0 Å². The molecule has 0 aliphatic carbocycles. The second-order valence-electron chi connectivity index (χ2n) is 5.86. The van der Waals surface area contributed by atoms with Gasteiger partial charge in [-0.25, -0.2) is 0 Å². The Morgan fingerprint density at radius 2 is 2.09 bits per heavy atom. The normalized spacial score (nSPS) is 15.9. The highest BCUT2D eigenvalue weighted by atomic mass is 16.5. The summed E-state index contributed by atoms with van der Waals surface area (Å²) in [6, 6.07) is 7.98. The van der Waals surface area contributed by atoms with E-state index in [1.54, 1.807) is 13.3 Å². The molecule has 3 rings (SSSR count). The molecule has 0 unspecified atom stereocenters. The van der Waals surface area contributed by atoms with Crippen molar-refractivity contribution in [2.75, 3.05) is 26.8 Å². The van der Waals surface area contributed by atoms with E-state index in [0.29, 0.717) is 0 Å². The number of methoxy groups -OCH3 is 1. The van der Waals surface area contributed by atoms with Gasteiger partial charge in [-0.2, -0.15) is 0 Å². The smallest absolute Gasteiger partial charge is 0.187 e. The first-order valence-corrected chi connectivity index (χ1v) is 8.13. The lowest BCUT2D eigenvalue weighted by Crippen LogP contribution is -2.27. The van der Waals surface area contributed by atoms with E-state index in [4.69, 9.17) is 9.47 Å². The number of piperidine rings is 1. The van der Waals surface area contributed by atoms with Crippen LogP contribution in [0.15, 0.2) is 30.5 Å². The van der Waals surface area contributed by atoms with Crippen molar-refractivity contribution >= 4 is 10.9 Å². The molecule has 4 heteroatoms. The van der Waals surface area contributed by atoms with Gasteiger partial charge in [-0.05, 0) is 62.9 Å². The fraction of sp³-hybridized carbons (Fsp3) is 0.500. The van der Waals surface area contributed by atoms with E-state index in [9.17, 15) is 0 Å². The van der Waals surface area contributed by atoms with Gasteiger partial charge in [0.2, 0.25) is 0 Å². The maximum atomic E-state index is 5.95. The van der Waals surface area contributed by atoms with Gasteiger partial charge in [-0.15, -0.1) is 0 Å². The molecule has 1 aliphatic heterocycles. The average Bonchev–Trinajstić information content (AvgIpc) is 2.59. The number of nitrogens with one attached hydrogen (secondary N) is 1. The molecule has 2 heterocycles. The summed E-state index contributed by atoms with van der Waals surface area (Å²) in [5.74, 6) is 2.38. The van der Waals surface area contributed by atoms with Crippen LogP contribution in [0, 0.1) is 5.92 Å². The standard InChI is InChI=1S/C18H24N2O2/c1-21-18-16(7-6-15-5-2-10-20-17(15)18)22-13-3-4-14-8-11-19-12-9-14/h2,5-7,10,14,19H,3-4,8-9,11-13H2,1H3. The summed E-state index contributed by atoms with van der Waals surface area (Å²) >= 11 is 0. The van der Waals surface area contributed by atoms with Gasteiger partial charge in [-0.3, -0.25) is 4.98 Å². The third-order valence-corrected chi connectivity index (χ3v) is 4.37. The molecule has 1 aliphatic rings. The van der Waals surface area contributed by atoms with E-state index in [2.05, 4.69) is 10.3 Å². The van der Waals surface area contributed by atoms with Crippen molar-refractivity contribution in [2.45, 2.75) is 25.7 Å². The molecule has 0 bridgehead atoms. The molecule has 0 radical (unpaired) electrons. The number of hydrogen-bond donors (Lipinski definition) is 1. The van der Waals surface area contributed by atoms with Crippen LogP contribution in [-0.2, 0) is 0 Å². The van der Waals surface area contributed by atoms with Crippen molar-refractivity contribution in [1.29, 1.82) is 0 Å². The fourth-order valence-electron chi connectivity index (χ4n) is 3.14. The van der Waals surface area contributed by atoms with Crippen molar-refractivity contribution in [3.8, 4) is 11.5 Å². The minimum atomic E-state index is 0.735. The zero-order valence-corrected chi connectivity index (χ0v) is 13.2. The van der Waals surface area contributed by atoms with Crippen LogP contribution in [0.4, 0.5) is 0 Å². The number of hydrogen-bond acceptors (Lipinski definition) is 4. The van der Waals surface area contributed by atoms with Gasteiger partial charge in [0, 0.05) is 11.6 Å². The maximum absolute atomic E-state index is 5.95. The van der Waals surface area contributed by atoms with Crippen molar-refractivity contribution in [3.63, 3.8) is 0 Å². The van der Waals surface area contributed by atoms with E-state index in [-0.39, 0.29) is 0 Å². The highest BCUT2D eigenvalue weighted by molar-refractivity contribution is 5.86. The Labute approximate surface area is 131 Å². The number of aromatic nitrogens is 1. The minimum Gasteiger partial charge on any atom is -0.491 e. The van der Waals surface area contributed by atoms with Gasteiger partial charge in [0.05, 0.1) is 13.7 Å². The van der Waals surface area contributed by atoms with E-state index < -0.39 is 0 Å². The monoisotopic (exact) mass is 300 g/mol. The van der Waals surface area contributed by atoms with Crippen molar-refractivity contribution in [2.24, 2.45) is 5.92 Å². The molecule has 0 spiro atoms. The molecule has 0 saturated carbocycles. The van der Waals surface area contributed by atoms with Gasteiger partial charge < -0.3 is 14.8 Å². The molecule has 22 heavy (non-hydrogen) atoms. The molecule has 1 N–H and O–H groups in total. The summed E-state index contributed by atoms with van der Waals surface area (Å²) in [6.07, 6.45) is 6.71. The summed E-state index contributed by atoms with van der Waals surface area (Å²) < 4.78 is 11.5. The number of ether oxygens (including phenoxy) is 2. The molecule has 4 nitrogen and oxygen atoms in total. The van der Waals surface area contributed by atoms with Crippen LogP contribution in [0.2, 0.25) is 0 Å². The Kier molecular flexibility index (Phi) is 5.11. The number of benzene rings is 1. The molecule has 1 aromatic heterocycles. The molecule has 1 fully saturated rings.